The van der Waals surface area contributed by atoms with Gasteiger partial charge in [-0.1, -0.05) is 35.9 Å². The van der Waals surface area contributed by atoms with Crippen molar-refractivity contribution in [1.82, 2.24) is 10.6 Å². The van der Waals surface area contributed by atoms with Gasteiger partial charge in [-0.2, -0.15) is 0 Å². The Labute approximate surface area is 147 Å². The molecule has 0 spiro atoms. The summed E-state index contributed by atoms with van der Waals surface area (Å²) in [5, 5.41) is 7.07. The minimum atomic E-state index is -0.0724. The van der Waals surface area contributed by atoms with Crippen molar-refractivity contribution in [3.8, 4) is 5.75 Å². The molecule has 0 radical (unpaired) electrons. The van der Waals surface area contributed by atoms with Gasteiger partial charge < -0.3 is 15.4 Å². The number of hydrogen-bond donors (Lipinski definition) is 2. The van der Waals surface area contributed by atoms with E-state index < -0.39 is 0 Å². The smallest absolute Gasteiger partial charge is 0.225 e. The van der Waals surface area contributed by atoms with Gasteiger partial charge in [0.1, 0.15) is 5.75 Å². The topological polar surface area (TPSA) is 50.4 Å². The maximum Gasteiger partial charge on any atom is 0.225 e. The second-order valence-electron chi connectivity index (χ2n) is 5.99. The fraction of sp³-hybridized carbons (Fsp3) is 0.316. The van der Waals surface area contributed by atoms with Gasteiger partial charge in [0, 0.05) is 30.6 Å². The molecule has 1 heterocycles. The molecule has 0 saturated carbocycles. The maximum atomic E-state index is 12.6. The number of ether oxygens (including phenoxy) is 1. The SMILES string of the molecule is COc1cccc(CNC(=O)[C@@H]2CNC[C@H]2c2ccc(Cl)cc2)c1. The number of methoxy groups -OCH3 is 1. The third-order valence-corrected chi connectivity index (χ3v) is 4.70. The van der Waals surface area contributed by atoms with E-state index in [2.05, 4.69) is 10.6 Å². The van der Waals surface area contributed by atoms with E-state index in [1.54, 1.807) is 7.11 Å². The molecule has 2 N–H and O–H groups in total. The molecular weight excluding hydrogens is 324 g/mol. The van der Waals surface area contributed by atoms with E-state index in [0.29, 0.717) is 18.1 Å². The van der Waals surface area contributed by atoms with Gasteiger partial charge in [-0.15, -0.1) is 0 Å². The summed E-state index contributed by atoms with van der Waals surface area (Å²) >= 11 is 5.95. The molecule has 2 aromatic carbocycles. The number of benzene rings is 2. The Morgan fingerprint density at radius 1 is 1.25 bits per heavy atom. The molecule has 5 heteroatoms. The molecule has 0 aliphatic carbocycles. The molecule has 1 aliphatic heterocycles. The molecule has 0 bridgehead atoms. The van der Waals surface area contributed by atoms with Gasteiger partial charge in [-0.3, -0.25) is 4.79 Å². The molecule has 4 nitrogen and oxygen atoms in total. The molecule has 3 rings (SSSR count). The molecule has 1 aliphatic rings. The third-order valence-electron chi connectivity index (χ3n) is 4.45. The van der Waals surface area contributed by atoms with Crippen molar-refractivity contribution in [2.75, 3.05) is 20.2 Å². The summed E-state index contributed by atoms with van der Waals surface area (Å²) in [5.41, 5.74) is 2.17. The molecule has 1 saturated heterocycles. The summed E-state index contributed by atoms with van der Waals surface area (Å²) in [6, 6.07) is 15.5. The van der Waals surface area contributed by atoms with Crippen LogP contribution >= 0.6 is 11.6 Å². The molecular formula is C19H21ClN2O2. The Hall–Kier alpha value is -2.04. The van der Waals surface area contributed by atoms with Crippen molar-refractivity contribution in [3.63, 3.8) is 0 Å². The number of carbonyl (C=O) groups is 1. The second-order valence-corrected chi connectivity index (χ2v) is 6.43. The lowest BCUT2D eigenvalue weighted by atomic mass is 9.88. The fourth-order valence-corrected chi connectivity index (χ4v) is 3.24. The van der Waals surface area contributed by atoms with Crippen LogP contribution in [0.4, 0.5) is 0 Å². The van der Waals surface area contributed by atoms with Gasteiger partial charge in [-0.25, -0.2) is 0 Å². The largest absolute Gasteiger partial charge is 0.497 e. The molecule has 1 amide bonds. The minimum absolute atomic E-state index is 0.0720. The highest BCUT2D eigenvalue weighted by Crippen LogP contribution is 2.29. The van der Waals surface area contributed by atoms with Crippen LogP contribution in [0.2, 0.25) is 5.02 Å². The number of carbonyl (C=O) groups excluding carboxylic acids is 1. The quantitative estimate of drug-likeness (QED) is 0.876. The first-order valence-corrected chi connectivity index (χ1v) is 8.42. The molecule has 0 aromatic heterocycles. The van der Waals surface area contributed by atoms with Gasteiger partial charge in [0.25, 0.3) is 0 Å². The lowest BCUT2D eigenvalue weighted by molar-refractivity contribution is -0.125. The number of hydrogen-bond acceptors (Lipinski definition) is 3. The first-order chi connectivity index (χ1) is 11.7. The van der Waals surface area contributed by atoms with Crippen LogP contribution in [0.3, 0.4) is 0 Å². The van der Waals surface area contributed by atoms with Crippen molar-refractivity contribution >= 4 is 17.5 Å². The first-order valence-electron chi connectivity index (χ1n) is 8.04. The summed E-state index contributed by atoms with van der Waals surface area (Å²) < 4.78 is 5.21. The van der Waals surface area contributed by atoms with Crippen LogP contribution in [0, 0.1) is 5.92 Å². The Morgan fingerprint density at radius 3 is 2.79 bits per heavy atom. The van der Waals surface area contributed by atoms with E-state index >= 15 is 0 Å². The van der Waals surface area contributed by atoms with Crippen molar-refractivity contribution in [2.24, 2.45) is 5.92 Å². The van der Waals surface area contributed by atoms with Gasteiger partial charge in [0.2, 0.25) is 5.91 Å². The number of nitrogens with one attached hydrogen (secondary N) is 2. The molecule has 0 unspecified atom stereocenters. The molecule has 2 atom stereocenters. The number of halogens is 1. The summed E-state index contributed by atoms with van der Waals surface area (Å²) in [6.07, 6.45) is 0. The standard InChI is InChI=1S/C19H21ClN2O2/c1-24-16-4-2-3-13(9-16)10-22-19(23)18-12-21-11-17(18)14-5-7-15(20)8-6-14/h2-9,17-18,21H,10-12H2,1H3,(H,22,23)/t17-,18+/m0/s1. The van der Waals surface area contributed by atoms with E-state index in [4.69, 9.17) is 16.3 Å². The van der Waals surface area contributed by atoms with Crippen LogP contribution < -0.4 is 15.4 Å². The van der Waals surface area contributed by atoms with Crippen LogP contribution in [-0.2, 0) is 11.3 Å². The zero-order chi connectivity index (χ0) is 16.9. The van der Waals surface area contributed by atoms with Crippen LogP contribution in [0.1, 0.15) is 17.0 Å². The molecule has 24 heavy (non-hydrogen) atoms. The summed E-state index contributed by atoms with van der Waals surface area (Å²) in [7, 11) is 1.64. The average molecular weight is 345 g/mol. The van der Waals surface area contributed by atoms with Crippen LogP contribution in [0.15, 0.2) is 48.5 Å². The third kappa shape index (κ3) is 3.89. The lowest BCUT2D eigenvalue weighted by Gasteiger charge is -2.19. The van der Waals surface area contributed by atoms with E-state index in [0.717, 1.165) is 23.4 Å². The van der Waals surface area contributed by atoms with Crippen molar-refractivity contribution < 1.29 is 9.53 Å². The van der Waals surface area contributed by atoms with Crippen LogP contribution in [0.25, 0.3) is 0 Å². The number of rotatable bonds is 5. The van der Waals surface area contributed by atoms with Gasteiger partial charge in [-0.05, 0) is 35.4 Å². The zero-order valence-corrected chi connectivity index (χ0v) is 14.3. The molecule has 1 fully saturated rings. The average Bonchev–Trinajstić information content (AvgIpc) is 3.10. The summed E-state index contributed by atoms with van der Waals surface area (Å²) in [5.74, 6) is 0.968. The normalized spacial score (nSPS) is 19.9. The van der Waals surface area contributed by atoms with E-state index in [1.807, 2.05) is 48.5 Å². The van der Waals surface area contributed by atoms with Crippen molar-refractivity contribution in [1.29, 1.82) is 0 Å². The highest BCUT2D eigenvalue weighted by Gasteiger charge is 2.33. The Morgan fingerprint density at radius 2 is 2.04 bits per heavy atom. The Bertz CT molecular complexity index is 703. The predicted octanol–water partition coefficient (Wildman–Crippen LogP) is 2.97. The highest BCUT2D eigenvalue weighted by molar-refractivity contribution is 6.30. The Balaban J connectivity index is 1.64. The van der Waals surface area contributed by atoms with E-state index in [1.165, 1.54) is 0 Å². The van der Waals surface area contributed by atoms with Crippen molar-refractivity contribution in [2.45, 2.75) is 12.5 Å². The maximum absolute atomic E-state index is 12.6. The van der Waals surface area contributed by atoms with E-state index in [-0.39, 0.29) is 17.7 Å². The summed E-state index contributed by atoms with van der Waals surface area (Å²) in [4.78, 5) is 12.6. The number of amides is 1. The van der Waals surface area contributed by atoms with Gasteiger partial charge in [0.05, 0.1) is 13.0 Å². The van der Waals surface area contributed by atoms with Crippen LogP contribution in [-0.4, -0.2) is 26.1 Å². The molecule has 126 valence electrons. The fourth-order valence-electron chi connectivity index (χ4n) is 3.12. The predicted molar refractivity (Wildman–Crippen MR) is 95.4 cm³/mol. The van der Waals surface area contributed by atoms with Crippen LogP contribution in [0.5, 0.6) is 5.75 Å². The zero-order valence-electron chi connectivity index (χ0n) is 13.6. The highest BCUT2D eigenvalue weighted by atomic mass is 35.5. The van der Waals surface area contributed by atoms with Crippen molar-refractivity contribution in [3.05, 3.63) is 64.7 Å². The molecule has 2 aromatic rings. The minimum Gasteiger partial charge on any atom is -0.497 e. The monoisotopic (exact) mass is 344 g/mol. The summed E-state index contributed by atoms with van der Waals surface area (Å²) in [6.45, 7) is 2.00. The van der Waals surface area contributed by atoms with Gasteiger partial charge >= 0.3 is 0 Å². The Kier molecular flexibility index (Phi) is 5.38. The van der Waals surface area contributed by atoms with Gasteiger partial charge in [0.15, 0.2) is 0 Å². The lowest BCUT2D eigenvalue weighted by Crippen LogP contribution is -2.34. The van der Waals surface area contributed by atoms with E-state index in [9.17, 15) is 4.79 Å². The second kappa shape index (κ2) is 7.69. The first kappa shape index (κ1) is 16.8.